The minimum absolute atomic E-state index is 0.625. The van der Waals surface area contributed by atoms with Crippen molar-refractivity contribution in [1.82, 2.24) is 4.98 Å². The average Bonchev–Trinajstić information content (AvgIpc) is 3.25. The van der Waals surface area contributed by atoms with Crippen LogP contribution in [0.2, 0.25) is 0 Å². The van der Waals surface area contributed by atoms with E-state index in [1.807, 2.05) is 67.0 Å². The van der Waals surface area contributed by atoms with E-state index in [0.29, 0.717) is 5.89 Å². The van der Waals surface area contributed by atoms with E-state index < -0.39 is 10.2 Å². The SMILES string of the molecule is COc1ccc(C[n+]2ccc(-c3ncc(-c4ccccc4)o3)cc2)cc1.[O-][Cl+3]([O-])([O-])[O-]. The molecule has 0 N–H and O–H groups in total. The van der Waals surface area contributed by atoms with E-state index in [1.54, 1.807) is 13.3 Å². The zero-order valence-corrected chi connectivity index (χ0v) is 17.3. The molecule has 0 spiro atoms. The summed E-state index contributed by atoms with van der Waals surface area (Å²) in [5.74, 6) is 2.27. The molecule has 0 saturated carbocycles. The van der Waals surface area contributed by atoms with Gasteiger partial charge in [0.15, 0.2) is 24.7 Å². The van der Waals surface area contributed by atoms with Gasteiger partial charge in [-0.25, -0.2) is 28.2 Å². The Bertz CT molecular complexity index is 1070. The quantitative estimate of drug-likeness (QED) is 0.384. The van der Waals surface area contributed by atoms with Crippen LogP contribution in [0.3, 0.4) is 0 Å². The third kappa shape index (κ3) is 7.18. The van der Waals surface area contributed by atoms with E-state index in [0.717, 1.165) is 29.2 Å². The Kier molecular flexibility index (Phi) is 7.35. The largest absolute Gasteiger partial charge is 0.497 e. The molecule has 4 aromatic rings. The van der Waals surface area contributed by atoms with Crippen LogP contribution in [-0.2, 0) is 6.54 Å². The van der Waals surface area contributed by atoms with Gasteiger partial charge in [0.25, 0.3) is 0 Å². The first-order chi connectivity index (χ1) is 14.8. The zero-order chi connectivity index (χ0) is 22.3. The highest BCUT2D eigenvalue weighted by atomic mass is 35.7. The van der Waals surface area contributed by atoms with E-state index in [4.69, 9.17) is 27.8 Å². The highest BCUT2D eigenvalue weighted by Gasteiger charge is 2.10. The summed E-state index contributed by atoms with van der Waals surface area (Å²) < 4.78 is 47.2. The maximum Gasteiger partial charge on any atom is 0.227 e. The lowest BCUT2D eigenvalue weighted by Crippen LogP contribution is -2.68. The number of hydrogen-bond donors (Lipinski definition) is 0. The number of pyridine rings is 1. The molecule has 0 radical (unpaired) electrons. The molecular formula is C22H19ClN2O6. The van der Waals surface area contributed by atoms with Crippen molar-refractivity contribution in [2.45, 2.75) is 6.54 Å². The molecule has 2 aromatic heterocycles. The van der Waals surface area contributed by atoms with E-state index in [2.05, 4.69) is 21.7 Å². The second kappa shape index (κ2) is 10.2. The third-order valence-electron chi connectivity index (χ3n) is 4.23. The first kappa shape index (κ1) is 22.4. The van der Waals surface area contributed by atoms with Crippen LogP contribution in [0.1, 0.15) is 5.56 Å². The topological polar surface area (TPSA) is 131 Å². The van der Waals surface area contributed by atoms with Crippen LogP contribution in [0.15, 0.2) is 89.7 Å². The summed E-state index contributed by atoms with van der Waals surface area (Å²) in [4.78, 5) is 4.41. The Labute approximate surface area is 181 Å². The number of halogens is 1. The Morgan fingerprint density at radius 1 is 0.871 bits per heavy atom. The molecular weight excluding hydrogens is 424 g/mol. The van der Waals surface area contributed by atoms with Gasteiger partial charge in [-0.15, -0.1) is 10.2 Å². The smallest absolute Gasteiger partial charge is 0.227 e. The fraction of sp³-hybridized carbons (Fsp3) is 0.0909. The molecule has 9 heteroatoms. The predicted molar refractivity (Wildman–Crippen MR) is 99.7 cm³/mol. The minimum atomic E-state index is -4.94. The molecule has 0 saturated heterocycles. The summed E-state index contributed by atoms with van der Waals surface area (Å²) in [6.07, 6.45) is 5.83. The fourth-order valence-corrected chi connectivity index (χ4v) is 2.79. The molecule has 0 aliphatic heterocycles. The van der Waals surface area contributed by atoms with Crippen LogP contribution in [0, 0.1) is 10.2 Å². The maximum atomic E-state index is 8.49. The molecule has 0 aliphatic carbocycles. The second-order valence-corrected chi connectivity index (χ2v) is 7.14. The van der Waals surface area contributed by atoms with Crippen molar-refractivity contribution in [2.24, 2.45) is 0 Å². The average molecular weight is 443 g/mol. The molecule has 2 heterocycles. The van der Waals surface area contributed by atoms with Gasteiger partial charge in [0, 0.05) is 28.8 Å². The van der Waals surface area contributed by atoms with Crippen molar-refractivity contribution in [3.8, 4) is 28.5 Å². The third-order valence-corrected chi connectivity index (χ3v) is 4.23. The van der Waals surface area contributed by atoms with E-state index in [9.17, 15) is 0 Å². The lowest BCUT2D eigenvalue weighted by Gasteiger charge is -2.17. The van der Waals surface area contributed by atoms with Crippen LogP contribution in [0.5, 0.6) is 5.75 Å². The highest BCUT2D eigenvalue weighted by molar-refractivity contribution is 5.60. The summed E-state index contributed by atoms with van der Waals surface area (Å²) >= 11 is 0. The number of hydrogen-bond acceptors (Lipinski definition) is 7. The summed E-state index contributed by atoms with van der Waals surface area (Å²) in [5.41, 5.74) is 3.20. The number of nitrogens with zero attached hydrogens (tertiary/aromatic N) is 2. The normalized spacial score (nSPS) is 10.9. The Morgan fingerprint density at radius 3 is 2.06 bits per heavy atom. The first-order valence-electron chi connectivity index (χ1n) is 9.07. The van der Waals surface area contributed by atoms with Gasteiger partial charge in [0.1, 0.15) is 5.75 Å². The molecule has 0 atom stereocenters. The molecule has 0 amide bonds. The molecule has 0 fully saturated rings. The van der Waals surface area contributed by atoms with Crippen molar-refractivity contribution in [1.29, 1.82) is 0 Å². The standard InChI is InChI=1S/C22H19N2O2.ClHO4/c1-25-20-9-7-17(8-10-20)16-24-13-11-19(12-14-24)22-23-15-21(26-22)18-5-3-2-4-6-18;2-1(3,4)5/h2-15H,16H2,1H3;(H,2,3,4,5)/q+1;/p-1. The molecule has 160 valence electrons. The van der Waals surface area contributed by atoms with Crippen LogP contribution in [-0.4, -0.2) is 12.1 Å². The molecule has 31 heavy (non-hydrogen) atoms. The molecule has 2 aromatic carbocycles. The molecule has 0 aliphatic rings. The number of benzene rings is 2. The monoisotopic (exact) mass is 442 g/mol. The van der Waals surface area contributed by atoms with Gasteiger partial charge in [0.2, 0.25) is 5.89 Å². The molecule has 0 bridgehead atoms. The molecule has 8 nitrogen and oxygen atoms in total. The van der Waals surface area contributed by atoms with Crippen molar-refractivity contribution in [3.63, 3.8) is 0 Å². The molecule has 0 unspecified atom stereocenters. The Hall–Kier alpha value is -3.27. The maximum absolute atomic E-state index is 8.49. The lowest BCUT2D eigenvalue weighted by atomic mass is 10.2. The van der Waals surface area contributed by atoms with Gasteiger partial charge in [-0.2, -0.15) is 0 Å². The number of ether oxygens (including phenoxy) is 1. The summed E-state index contributed by atoms with van der Waals surface area (Å²) in [7, 11) is -3.27. The molecule has 4 rings (SSSR count). The van der Waals surface area contributed by atoms with Gasteiger partial charge in [-0.1, -0.05) is 30.3 Å². The van der Waals surface area contributed by atoms with Gasteiger partial charge in [-0.05, 0) is 24.3 Å². The predicted octanol–water partition coefficient (Wildman–Crippen LogP) is -0.403. The highest BCUT2D eigenvalue weighted by Crippen LogP contribution is 2.25. The van der Waals surface area contributed by atoms with Gasteiger partial charge in [-0.3, -0.25) is 0 Å². The second-order valence-electron chi connectivity index (χ2n) is 6.38. The van der Waals surface area contributed by atoms with Gasteiger partial charge >= 0.3 is 0 Å². The van der Waals surface area contributed by atoms with E-state index in [1.165, 1.54) is 5.56 Å². The van der Waals surface area contributed by atoms with Crippen LogP contribution >= 0.6 is 0 Å². The first-order valence-corrected chi connectivity index (χ1v) is 10.3. The number of methoxy groups -OCH3 is 1. The number of rotatable bonds is 5. The summed E-state index contributed by atoms with van der Waals surface area (Å²) in [5, 5.41) is 0. The van der Waals surface area contributed by atoms with Crippen LogP contribution in [0.25, 0.3) is 22.8 Å². The van der Waals surface area contributed by atoms with Crippen molar-refractivity contribution < 1.29 is 42.6 Å². The Morgan fingerprint density at radius 2 is 1.48 bits per heavy atom. The van der Waals surface area contributed by atoms with Crippen molar-refractivity contribution in [3.05, 3.63) is 90.9 Å². The van der Waals surface area contributed by atoms with Gasteiger partial charge in [0.05, 0.1) is 13.3 Å². The van der Waals surface area contributed by atoms with Gasteiger partial charge < -0.3 is 9.15 Å². The lowest BCUT2D eigenvalue weighted by molar-refractivity contribution is -2.00. The Balaban J connectivity index is 0.000000491. The van der Waals surface area contributed by atoms with E-state index >= 15 is 0 Å². The zero-order valence-electron chi connectivity index (χ0n) is 16.5. The van der Waals surface area contributed by atoms with Crippen LogP contribution in [0.4, 0.5) is 0 Å². The number of aromatic nitrogens is 2. The summed E-state index contributed by atoms with van der Waals surface area (Å²) in [6, 6.07) is 22.1. The van der Waals surface area contributed by atoms with E-state index in [-0.39, 0.29) is 0 Å². The fourth-order valence-electron chi connectivity index (χ4n) is 2.79. The van der Waals surface area contributed by atoms with Crippen molar-refractivity contribution in [2.75, 3.05) is 7.11 Å². The minimum Gasteiger partial charge on any atom is -0.497 e. The number of oxazole rings is 1. The van der Waals surface area contributed by atoms with Crippen LogP contribution < -0.4 is 27.9 Å². The van der Waals surface area contributed by atoms with Crippen molar-refractivity contribution >= 4 is 0 Å². The summed E-state index contributed by atoms with van der Waals surface area (Å²) in [6.45, 7) is 0.797.